The van der Waals surface area contributed by atoms with Gasteiger partial charge in [-0.05, 0) is 56.3 Å². The van der Waals surface area contributed by atoms with Crippen molar-refractivity contribution >= 4 is 23.2 Å². The van der Waals surface area contributed by atoms with E-state index in [1.807, 2.05) is 6.07 Å². The number of aromatic nitrogens is 2. The van der Waals surface area contributed by atoms with Gasteiger partial charge in [0.25, 0.3) is 5.91 Å². The van der Waals surface area contributed by atoms with Crippen molar-refractivity contribution in [3.63, 3.8) is 0 Å². The summed E-state index contributed by atoms with van der Waals surface area (Å²) in [5, 5.41) is 3.13. The third kappa shape index (κ3) is 5.54. The van der Waals surface area contributed by atoms with Crippen LogP contribution in [-0.2, 0) is 12.8 Å². The van der Waals surface area contributed by atoms with Gasteiger partial charge in [0.05, 0.1) is 4.88 Å². The Morgan fingerprint density at radius 3 is 2.59 bits per heavy atom. The Hall–Kier alpha value is -1.99. The van der Waals surface area contributed by atoms with E-state index in [-0.39, 0.29) is 5.91 Å². The highest BCUT2D eigenvalue weighted by atomic mass is 32.1. The van der Waals surface area contributed by atoms with Gasteiger partial charge in [-0.1, -0.05) is 12.8 Å². The molecule has 0 radical (unpaired) electrons. The van der Waals surface area contributed by atoms with E-state index >= 15 is 0 Å². The molecule has 6 nitrogen and oxygen atoms in total. The summed E-state index contributed by atoms with van der Waals surface area (Å²) in [5.74, 6) is 0.928. The van der Waals surface area contributed by atoms with Gasteiger partial charge in [0, 0.05) is 50.0 Å². The lowest BCUT2D eigenvalue weighted by Gasteiger charge is -2.34. The molecule has 2 aromatic heterocycles. The molecule has 1 N–H and O–H groups in total. The Balaban J connectivity index is 1.17. The Labute approximate surface area is 177 Å². The lowest BCUT2D eigenvalue weighted by Crippen LogP contribution is -2.47. The highest BCUT2D eigenvalue weighted by Crippen LogP contribution is 2.28. The smallest absolute Gasteiger partial charge is 0.261 e. The third-order valence-electron chi connectivity index (χ3n) is 5.86. The summed E-state index contributed by atoms with van der Waals surface area (Å²) in [7, 11) is 0. The van der Waals surface area contributed by atoms with Crippen molar-refractivity contribution in [2.45, 2.75) is 44.9 Å². The van der Waals surface area contributed by atoms with E-state index < -0.39 is 0 Å². The predicted molar refractivity (Wildman–Crippen MR) is 118 cm³/mol. The zero-order chi connectivity index (χ0) is 19.9. The number of aryl methyl sites for hydroxylation is 2. The maximum atomic E-state index is 12.6. The Morgan fingerprint density at radius 2 is 1.79 bits per heavy atom. The summed E-state index contributed by atoms with van der Waals surface area (Å²) in [6.45, 7) is 5.70. The van der Waals surface area contributed by atoms with Gasteiger partial charge in [-0.15, -0.1) is 11.3 Å². The molecule has 156 valence electrons. The fourth-order valence-electron chi connectivity index (χ4n) is 4.17. The fraction of sp³-hybridized carbons (Fsp3) is 0.591. The molecule has 7 heteroatoms. The molecule has 1 amide bonds. The van der Waals surface area contributed by atoms with Crippen molar-refractivity contribution in [1.82, 2.24) is 20.2 Å². The number of nitrogens with one attached hydrogen (secondary N) is 1. The van der Waals surface area contributed by atoms with Crippen LogP contribution in [0.15, 0.2) is 24.5 Å². The molecule has 2 aliphatic rings. The minimum Gasteiger partial charge on any atom is -0.351 e. The van der Waals surface area contributed by atoms with Crippen molar-refractivity contribution in [3.8, 4) is 0 Å². The largest absolute Gasteiger partial charge is 0.351 e. The minimum atomic E-state index is 0.104. The van der Waals surface area contributed by atoms with Crippen LogP contribution in [0.5, 0.6) is 0 Å². The van der Waals surface area contributed by atoms with Crippen molar-refractivity contribution in [2.75, 3.05) is 44.2 Å². The molecule has 0 spiro atoms. The summed E-state index contributed by atoms with van der Waals surface area (Å²) in [6, 6.07) is 3.99. The highest BCUT2D eigenvalue weighted by molar-refractivity contribution is 7.14. The molecule has 1 aliphatic heterocycles. The van der Waals surface area contributed by atoms with E-state index in [1.54, 1.807) is 23.7 Å². The van der Waals surface area contributed by atoms with Crippen LogP contribution in [0.1, 0.15) is 52.2 Å². The standard InChI is InChI=1S/C22H31N5OS/c28-21(20-17-18-7-3-1-2-4-8-19(18)29-20)23-11-6-12-26-13-15-27(16-14-26)22-24-9-5-10-25-22/h5,9-10,17H,1-4,6-8,11-16H2,(H,23,28). The number of hydrogen-bond donors (Lipinski definition) is 1. The van der Waals surface area contributed by atoms with Crippen LogP contribution < -0.4 is 10.2 Å². The second kappa shape index (κ2) is 10.2. The number of carbonyl (C=O) groups excluding carboxylic acids is 1. The summed E-state index contributed by atoms with van der Waals surface area (Å²) in [4.78, 5) is 28.3. The van der Waals surface area contributed by atoms with Gasteiger partial charge >= 0.3 is 0 Å². The average Bonchev–Trinajstić information content (AvgIpc) is 3.14. The van der Waals surface area contributed by atoms with Gasteiger partial charge in [-0.2, -0.15) is 0 Å². The third-order valence-corrected chi connectivity index (χ3v) is 7.10. The van der Waals surface area contributed by atoms with E-state index in [9.17, 15) is 4.79 Å². The molecule has 0 bridgehead atoms. The van der Waals surface area contributed by atoms with Crippen LogP contribution in [-0.4, -0.2) is 60.0 Å². The minimum absolute atomic E-state index is 0.104. The van der Waals surface area contributed by atoms with E-state index in [4.69, 9.17) is 0 Å². The molecule has 0 atom stereocenters. The number of piperazine rings is 1. The molecular weight excluding hydrogens is 382 g/mol. The van der Waals surface area contributed by atoms with Crippen LogP contribution >= 0.6 is 11.3 Å². The van der Waals surface area contributed by atoms with Gasteiger partial charge in [0.1, 0.15) is 0 Å². The Kier molecular flexibility index (Phi) is 7.11. The van der Waals surface area contributed by atoms with Gasteiger partial charge < -0.3 is 10.2 Å². The second-order valence-corrected chi connectivity index (χ2v) is 9.10. The quantitative estimate of drug-likeness (QED) is 0.737. The lowest BCUT2D eigenvalue weighted by molar-refractivity contribution is 0.0955. The monoisotopic (exact) mass is 413 g/mol. The Bertz CT molecular complexity index is 760. The molecule has 1 fully saturated rings. The maximum absolute atomic E-state index is 12.6. The van der Waals surface area contributed by atoms with E-state index in [2.05, 4.69) is 31.2 Å². The topological polar surface area (TPSA) is 61.4 Å². The van der Waals surface area contributed by atoms with Crippen LogP contribution in [0, 0.1) is 0 Å². The number of amides is 1. The molecule has 1 aliphatic carbocycles. The summed E-state index contributed by atoms with van der Waals surface area (Å²) in [6.07, 6.45) is 12.0. The van der Waals surface area contributed by atoms with Crippen LogP contribution in [0.4, 0.5) is 5.95 Å². The first-order valence-corrected chi connectivity index (χ1v) is 11.8. The Morgan fingerprint density at radius 1 is 1.03 bits per heavy atom. The van der Waals surface area contributed by atoms with Crippen molar-refractivity contribution < 1.29 is 4.79 Å². The van der Waals surface area contributed by atoms with E-state index in [1.165, 1.54) is 36.1 Å². The first-order chi connectivity index (χ1) is 14.3. The predicted octanol–water partition coefficient (Wildman–Crippen LogP) is 3.14. The molecule has 29 heavy (non-hydrogen) atoms. The van der Waals surface area contributed by atoms with Gasteiger partial charge in [0.2, 0.25) is 5.95 Å². The van der Waals surface area contributed by atoms with Gasteiger partial charge in [-0.3, -0.25) is 9.69 Å². The van der Waals surface area contributed by atoms with Gasteiger partial charge in [0.15, 0.2) is 0 Å². The van der Waals surface area contributed by atoms with E-state index in [0.717, 1.165) is 69.4 Å². The molecule has 2 aromatic rings. The van der Waals surface area contributed by atoms with Crippen molar-refractivity contribution in [1.29, 1.82) is 0 Å². The summed E-state index contributed by atoms with van der Waals surface area (Å²) < 4.78 is 0. The number of hydrogen-bond acceptors (Lipinski definition) is 6. The molecule has 0 unspecified atom stereocenters. The van der Waals surface area contributed by atoms with Crippen molar-refractivity contribution in [3.05, 3.63) is 39.8 Å². The lowest BCUT2D eigenvalue weighted by atomic mass is 10.00. The highest BCUT2D eigenvalue weighted by Gasteiger charge is 2.19. The van der Waals surface area contributed by atoms with Gasteiger partial charge in [-0.25, -0.2) is 9.97 Å². The fourth-order valence-corrected chi connectivity index (χ4v) is 5.34. The van der Waals surface area contributed by atoms with Crippen molar-refractivity contribution in [2.24, 2.45) is 0 Å². The first-order valence-electron chi connectivity index (χ1n) is 10.9. The normalized spacial score (nSPS) is 18.0. The SMILES string of the molecule is O=C(NCCCN1CCN(c2ncccn2)CC1)c1cc2c(s1)CCCCCC2. The molecule has 3 heterocycles. The molecule has 0 aromatic carbocycles. The molecule has 0 saturated carbocycles. The number of carbonyl (C=O) groups is 1. The number of thiophene rings is 1. The number of rotatable bonds is 6. The molecule has 1 saturated heterocycles. The molecule has 4 rings (SSSR count). The van der Waals surface area contributed by atoms with E-state index in [0.29, 0.717) is 0 Å². The maximum Gasteiger partial charge on any atom is 0.261 e. The number of fused-ring (bicyclic) bond motifs is 1. The summed E-state index contributed by atoms with van der Waals surface area (Å²) in [5.41, 5.74) is 1.42. The average molecular weight is 414 g/mol. The van der Waals surface area contributed by atoms with Crippen LogP contribution in [0.25, 0.3) is 0 Å². The zero-order valence-electron chi connectivity index (χ0n) is 17.1. The first kappa shape index (κ1) is 20.3. The van der Waals surface area contributed by atoms with Crippen LogP contribution in [0.2, 0.25) is 0 Å². The van der Waals surface area contributed by atoms with Crippen LogP contribution in [0.3, 0.4) is 0 Å². The number of nitrogens with zero attached hydrogens (tertiary/aromatic N) is 4. The summed E-state index contributed by atoms with van der Waals surface area (Å²) >= 11 is 1.71. The number of anilines is 1. The molecular formula is C22H31N5OS. The zero-order valence-corrected chi connectivity index (χ0v) is 17.9. The second-order valence-electron chi connectivity index (χ2n) is 7.96.